The second kappa shape index (κ2) is 10.5. The zero-order valence-electron chi connectivity index (χ0n) is 12.6. The number of hydrogen-bond donors (Lipinski definition) is 2. The lowest BCUT2D eigenvalue weighted by atomic mass is 9.85. The molecule has 0 saturated heterocycles. The second-order valence-electron chi connectivity index (χ2n) is 5.16. The van der Waals surface area contributed by atoms with Crippen molar-refractivity contribution in [2.24, 2.45) is 17.6 Å². The van der Waals surface area contributed by atoms with Gasteiger partial charge in [0.05, 0.1) is 0 Å². The van der Waals surface area contributed by atoms with Crippen molar-refractivity contribution in [3.05, 3.63) is 0 Å². The summed E-state index contributed by atoms with van der Waals surface area (Å²) in [4.78, 5) is 34.6. The summed E-state index contributed by atoms with van der Waals surface area (Å²) in [6, 6.07) is 0. The van der Waals surface area contributed by atoms with Gasteiger partial charge in [0.25, 0.3) is 0 Å². The number of aliphatic carboxylic acids is 1. The topological polar surface area (TPSA) is 97.5 Å². The number of rotatable bonds is 12. The zero-order chi connectivity index (χ0) is 15.5. The smallest absolute Gasteiger partial charge is 0.303 e. The number of ketones is 2. The third-order valence-corrected chi connectivity index (χ3v) is 3.66. The van der Waals surface area contributed by atoms with Gasteiger partial charge in [-0.05, 0) is 32.2 Å². The molecule has 0 saturated carbocycles. The molecule has 5 heteroatoms. The molecular weight excluding hydrogens is 258 g/mol. The van der Waals surface area contributed by atoms with E-state index in [1.807, 2.05) is 6.92 Å². The summed E-state index contributed by atoms with van der Waals surface area (Å²) in [5, 5.41) is 8.68. The van der Waals surface area contributed by atoms with E-state index in [2.05, 4.69) is 0 Å². The maximum absolute atomic E-state index is 12.2. The van der Waals surface area contributed by atoms with Crippen LogP contribution in [0.5, 0.6) is 0 Å². The van der Waals surface area contributed by atoms with Gasteiger partial charge in [-0.2, -0.15) is 0 Å². The summed E-state index contributed by atoms with van der Waals surface area (Å²) >= 11 is 0. The predicted octanol–water partition coefficient (Wildman–Crippen LogP) is 2.17. The summed E-state index contributed by atoms with van der Waals surface area (Å²) in [6.45, 7) is 4.18. The van der Waals surface area contributed by atoms with Crippen LogP contribution in [-0.4, -0.2) is 29.2 Å². The van der Waals surface area contributed by atoms with Crippen LogP contribution in [-0.2, 0) is 14.4 Å². The van der Waals surface area contributed by atoms with E-state index in [-0.39, 0.29) is 36.2 Å². The van der Waals surface area contributed by atoms with E-state index in [1.165, 1.54) is 0 Å². The first kappa shape index (κ1) is 18.8. The molecule has 0 heterocycles. The van der Waals surface area contributed by atoms with E-state index >= 15 is 0 Å². The van der Waals surface area contributed by atoms with Crippen molar-refractivity contribution in [3.63, 3.8) is 0 Å². The quantitative estimate of drug-likeness (QED) is 0.572. The van der Waals surface area contributed by atoms with Gasteiger partial charge in [-0.15, -0.1) is 0 Å². The minimum absolute atomic E-state index is 0.000558. The molecule has 3 N–H and O–H groups in total. The average Bonchev–Trinajstić information content (AvgIpc) is 2.42. The molecule has 0 aromatic carbocycles. The van der Waals surface area contributed by atoms with Crippen molar-refractivity contribution in [1.82, 2.24) is 0 Å². The third kappa shape index (κ3) is 7.38. The van der Waals surface area contributed by atoms with E-state index in [9.17, 15) is 14.4 Å². The van der Waals surface area contributed by atoms with E-state index in [4.69, 9.17) is 10.8 Å². The number of carbonyl (C=O) groups excluding carboxylic acids is 2. The normalized spacial score (nSPS) is 13.8. The van der Waals surface area contributed by atoms with Crippen LogP contribution in [0.1, 0.15) is 58.8 Å². The molecule has 0 spiro atoms. The predicted molar refractivity (Wildman–Crippen MR) is 77.4 cm³/mol. The van der Waals surface area contributed by atoms with Crippen LogP contribution >= 0.6 is 0 Å². The average molecular weight is 285 g/mol. The maximum Gasteiger partial charge on any atom is 0.303 e. The number of carboxylic acids is 1. The first-order valence-corrected chi connectivity index (χ1v) is 7.43. The van der Waals surface area contributed by atoms with Crippen LogP contribution in [0.4, 0.5) is 0 Å². The first-order chi connectivity index (χ1) is 9.46. The fourth-order valence-corrected chi connectivity index (χ4v) is 2.33. The van der Waals surface area contributed by atoms with Gasteiger partial charge >= 0.3 is 5.97 Å². The summed E-state index contributed by atoms with van der Waals surface area (Å²) < 4.78 is 0. The molecule has 0 bridgehead atoms. The third-order valence-electron chi connectivity index (χ3n) is 3.66. The highest BCUT2D eigenvalue weighted by Crippen LogP contribution is 2.21. The summed E-state index contributed by atoms with van der Waals surface area (Å²) in [7, 11) is 0. The van der Waals surface area contributed by atoms with Crippen LogP contribution in [0.25, 0.3) is 0 Å². The Morgan fingerprint density at radius 3 is 2.15 bits per heavy atom. The Labute approximate surface area is 120 Å². The van der Waals surface area contributed by atoms with Crippen molar-refractivity contribution in [3.8, 4) is 0 Å². The van der Waals surface area contributed by atoms with Crippen molar-refractivity contribution in [2.75, 3.05) is 6.54 Å². The van der Waals surface area contributed by atoms with Crippen molar-refractivity contribution in [2.45, 2.75) is 58.8 Å². The van der Waals surface area contributed by atoms with Crippen LogP contribution in [0, 0.1) is 11.8 Å². The molecular formula is C15H27NO4. The Bertz CT molecular complexity index is 328. The molecule has 0 aliphatic carbocycles. The minimum atomic E-state index is -0.888. The van der Waals surface area contributed by atoms with E-state index in [0.717, 1.165) is 6.42 Å². The van der Waals surface area contributed by atoms with Gasteiger partial charge in [-0.3, -0.25) is 14.4 Å². The van der Waals surface area contributed by atoms with Crippen molar-refractivity contribution in [1.29, 1.82) is 0 Å². The lowest BCUT2D eigenvalue weighted by Gasteiger charge is -2.18. The van der Waals surface area contributed by atoms with E-state index in [1.54, 1.807) is 6.92 Å². The first-order valence-electron chi connectivity index (χ1n) is 7.43. The molecule has 0 aromatic heterocycles. The molecule has 116 valence electrons. The summed E-state index contributed by atoms with van der Waals surface area (Å²) in [5.41, 5.74) is 5.45. The van der Waals surface area contributed by atoms with Gasteiger partial charge in [0.2, 0.25) is 0 Å². The summed E-state index contributed by atoms with van der Waals surface area (Å²) in [5.74, 6) is -1.29. The lowest BCUT2D eigenvalue weighted by molar-refractivity contribution is -0.137. The highest BCUT2D eigenvalue weighted by molar-refractivity contribution is 5.89. The molecule has 0 fully saturated rings. The van der Waals surface area contributed by atoms with Crippen LogP contribution in [0.3, 0.4) is 0 Å². The molecule has 0 aliphatic rings. The molecule has 2 atom stereocenters. The zero-order valence-corrected chi connectivity index (χ0v) is 12.6. The van der Waals surface area contributed by atoms with Crippen molar-refractivity contribution < 1.29 is 19.5 Å². The molecule has 5 nitrogen and oxygen atoms in total. The molecule has 0 aromatic rings. The fraction of sp³-hybridized carbons (Fsp3) is 0.800. The number of nitrogens with two attached hydrogens (primary N) is 1. The molecule has 0 amide bonds. The van der Waals surface area contributed by atoms with E-state index in [0.29, 0.717) is 32.2 Å². The highest BCUT2D eigenvalue weighted by atomic mass is 16.4. The Balaban J connectivity index is 4.53. The van der Waals surface area contributed by atoms with Gasteiger partial charge in [0.1, 0.15) is 11.6 Å². The van der Waals surface area contributed by atoms with Gasteiger partial charge in [-0.1, -0.05) is 13.8 Å². The van der Waals surface area contributed by atoms with Gasteiger partial charge < -0.3 is 10.8 Å². The monoisotopic (exact) mass is 285 g/mol. The fourth-order valence-electron chi connectivity index (χ4n) is 2.33. The van der Waals surface area contributed by atoms with Gasteiger partial charge in [0.15, 0.2) is 0 Å². The maximum atomic E-state index is 12.2. The van der Waals surface area contributed by atoms with Crippen molar-refractivity contribution >= 4 is 17.5 Å². The minimum Gasteiger partial charge on any atom is -0.481 e. The number of hydrogen-bond acceptors (Lipinski definition) is 4. The molecule has 0 rings (SSSR count). The summed E-state index contributed by atoms with van der Waals surface area (Å²) in [6.07, 6.45) is 3.00. The second-order valence-corrected chi connectivity index (χ2v) is 5.16. The molecule has 20 heavy (non-hydrogen) atoms. The molecule has 0 radical (unpaired) electrons. The van der Waals surface area contributed by atoms with Gasteiger partial charge in [-0.25, -0.2) is 0 Å². The van der Waals surface area contributed by atoms with E-state index < -0.39 is 5.97 Å². The highest BCUT2D eigenvalue weighted by Gasteiger charge is 2.24. The number of carboxylic acid groups (broad SMARTS) is 1. The van der Waals surface area contributed by atoms with Gasteiger partial charge in [0, 0.05) is 31.1 Å². The number of carbonyl (C=O) groups is 3. The Morgan fingerprint density at radius 1 is 1.05 bits per heavy atom. The Morgan fingerprint density at radius 2 is 1.70 bits per heavy atom. The molecule has 2 unspecified atom stereocenters. The molecule has 0 aliphatic heterocycles. The standard InChI is InChI=1S/C15H27NO4/c1-3-11(7-8-15(19)20)14(18)10-12(6-5-9-16)13(17)4-2/h11-12H,3-10,16H2,1-2H3,(H,19,20). The largest absolute Gasteiger partial charge is 0.481 e. The van der Waals surface area contributed by atoms with Crippen LogP contribution in [0.15, 0.2) is 0 Å². The number of Topliss-reactive ketones (excluding diaryl/α,β-unsaturated/α-hetero) is 2. The Kier molecular flexibility index (Phi) is 9.90. The SMILES string of the molecule is CCC(=O)C(CCCN)CC(=O)C(CC)CCC(=O)O. The van der Waals surface area contributed by atoms with Crippen LogP contribution in [0.2, 0.25) is 0 Å². The lowest BCUT2D eigenvalue weighted by Crippen LogP contribution is -2.23. The Hall–Kier alpha value is -1.23. The van der Waals surface area contributed by atoms with Crippen LogP contribution < -0.4 is 5.73 Å².